The lowest BCUT2D eigenvalue weighted by Gasteiger charge is -2.11. The Morgan fingerprint density at radius 3 is 2.69 bits per heavy atom. The van der Waals surface area contributed by atoms with Gasteiger partial charge in [0.05, 0.1) is 17.7 Å². The van der Waals surface area contributed by atoms with Crippen LogP contribution in [0.2, 0.25) is 0 Å². The molecule has 4 nitrogen and oxygen atoms in total. The minimum Gasteiger partial charge on any atom is -0.481 e. The lowest BCUT2D eigenvalue weighted by molar-refractivity contribution is -0.136. The van der Waals surface area contributed by atoms with Crippen LogP contribution in [0.5, 0.6) is 0 Å². The second kappa shape index (κ2) is 5.48. The summed E-state index contributed by atoms with van der Waals surface area (Å²) in [6.07, 6.45) is -1.74. The maximum Gasteiger partial charge on any atom is 0.307 e. The van der Waals surface area contributed by atoms with Crippen LogP contribution in [0.1, 0.15) is 23.2 Å². The molecular weight excluding hydrogens is 333 g/mol. The van der Waals surface area contributed by atoms with Crippen LogP contribution in [0.25, 0.3) is 0 Å². The molecule has 1 aromatic rings. The van der Waals surface area contributed by atoms with Gasteiger partial charge in [-0.1, -0.05) is 0 Å². The summed E-state index contributed by atoms with van der Waals surface area (Å²) in [5, 5.41) is 8.60. The Bertz CT molecular complexity index is 413. The van der Waals surface area contributed by atoms with E-state index in [9.17, 15) is 13.6 Å². The second-order valence-corrected chi connectivity index (χ2v) is 4.11. The van der Waals surface area contributed by atoms with Gasteiger partial charge in [-0.2, -0.15) is 0 Å². The molecule has 0 amide bonds. The van der Waals surface area contributed by atoms with Gasteiger partial charge in [-0.3, -0.25) is 9.78 Å². The maximum absolute atomic E-state index is 12.7. The molecule has 1 heterocycles. The first-order chi connectivity index (χ1) is 7.47. The maximum atomic E-state index is 12.7. The van der Waals surface area contributed by atoms with Crippen LogP contribution < -0.4 is 5.73 Å². The van der Waals surface area contributed by atoms with Gasteiger partial charge in [0, 0.05) is 16.3 Å². The first-order valence-corrected chi connectivity index (χ1v) is 5.41. The summed E-state index contributed by atoms with van der Waals surface area (Å²) in [5.74, 6) is -1.08. The number of hydrogen-bond donors (Lipinski definition) is 2. The number of carboxylic acids is 1. The number of alkyl halides is 2. The number of carbonyl (C=O) groups is 1. The van der Waals surface area contributed by atoms with Crippen molar-refractivity contribution in [2.45, 2.75) is 19.4 Å². The van der Waals surface area contributed by atoms with E-state index < -0.39 is 12.4 Å². The molecule has 0 aliphatic heterocycles. The van der Waals surface area contributed by atoms with E-state index >= 15 is 0 Å². The Morgan fingerprint density at radius 2 is 2.25 bits per heavy atom. The van der Waals surface area contributed by atoms with E-state index in [-0.39, 0.29) is 33.4 Å². The van der Waals surface area contributed by atoms with Gasteiger partial charge in [0.1, 0.15) is 0 Å². The molecule has 0 spiro atoms. The van der Waals surface area contributed by atoms with Gasteiger partial charge in [0.2, 0.25) is 0 Å². The number of aliphatic carboxylic acids is 1. The van der Waals surface area contributed by atoms with Crippen molar-refractivity contribution in [1.29, 1.82) is 0 Å². The monoisotopic (exact) mass is 342 g/mol. The smallest absolute Gasteiger partial charge is 0.307 e. The van der Waals surface area contributed by atoms with Crippen LogP contribution in [0, 0.1) is 3.57 Å². The molecule has 0 fully saturated rings. The number of aromatic nitrogens is 1. The lowest BCUT2D eigenvalue weighted by Crippen LogP contribution is -2.11. The van der Waals surface area contributed by atoms with Gasteiger partial charge in [0.15, 0.2) is 0 Å². The quantitative estimate of drug-likeness (QED) is 0.817. The molecule has 7 heteroatoms. The highest BCUT2D eigenvalue weighted by Gasteiger charge is 2.20. The molecule has 0 atom stereocenters. The fourth-order valence-corrected chi connectivity index (χ4v) is 2.13. The molecule has 0 saturated carbocycles. The van der Waals surface area contributed by atoms with E-state index in [1.54, 1.807) is 22.6 Å². The normalized spacial score (nSPS) is 10.8. The van der Waals surface area contributed by atoms with Gasteiger partial charge >= 0.3 is 5.97 Å². The lowest BCUT2D eigenvalue weighted by atomic mass is 10.1. The van der Waals surface area contributed by atoms with Gasteiger partial charge in [-0.15, -0.1) is 0 Å². The number of carboxylic acid groups (broad SMARTS) is 1. The molecule has 0 unspecified atom stereocenters. The van der Waals surface area contributed by atoms with Crippen LogP contribution in [-0.4, -0.2) is 16.1 Å². The molecule has 0 saturated heterocycles. The highest BCUT2D eigenvalue weighted by Crippen LogP contribution is 2.29. The summed E-state index contributed by atoms with van der Waals surface area (Å²) in [6, 6.07) is 0. The Hall–Kier alpha value is -0.830. The van der Waals surface area contributed by atoms with Crippen molar-refractivity contribution in [3.63, 3.8) is 0 Å². The van der Waals surface area contributed by atoms with Crippen molar-refractivity contribution in [3.05, 3.63) is 26.6 Å². The molecule has 1 aromatic heterocycles. The van der Waals surface area contributed by atoms with E-state index in [0.717, 1.165) is 0 Å². The van der Waals surface area contributed by atoms with Crippen molar-refractivity contribution >= 4 is 28.6 Å². The molecule has 0 aliphatic rings. The molecule has 0 radical (unpaired) electrons. The van der Waals surface area contributed by atoms with E-state index in [4.69, 9.17) is 10.8 Å². The van der Waals surface area contributed by atoms with Crippen LogP contribution in [0.4, 0.5) is 8.78 Å². The second-order valence-electron chi connectivity index (χ2n) is 3.03. The molecule has 16 heavy (non-hydrogen) atoms. The Labute approximate surface area is 104 Å². The van der Waals surface area contributed by atoms with Crippen molar-refractivity contribution in [1.82, 2.24) is 4.98 Å². The van der Waals surface area contributed by atoms with Gasteiger partial charge in [-0.05, 0) is 28.2 Å². The molecule has 0 aromatic carbocycles. The summed E-state index contributed by atoms with van der Waals surface area (Å²) in [5.41, 5.74) is 5.41. The predicted molar refractivity (Wildman–Crippen MR) is 61.1 cm³/mol. The van der Waals surface area contributed by atoms with E-state index in [1.165, 1.54) is 6.20 Å². The van der Waals surface area contributed by atoms with Gasteiger partial charge in [0.25, 0.3) is 6.43 Å². The largest absolute Gasteiger partial charge is 0.481 e. The molecule has 3 N–H and O–H groups in total. The minimum atomic E-state index is -2.70. The zero-order valence-electron chi connectivity index (χ0n) is 8.08. The summed E-state index contributed by atoms with van der Waals surface area (Å²) < 4.78 is 25.7. The number of nitrogens with zero attached hydrogens (tertiary/aromatic N) is 1. The fraction of sp³-hybridized carbons (Fsp3) is 0.333. The number of hydrogen-bond acceptors (Lipinski definition) is 3. The summed E-state index contributed by atoms with van der Waals surface area (Å²) in [6.45, 7) is -0.0942. The third-order valence-electron chi connectivity index (χ3n) is 1.96. The molecule has 0 bridgehead atoms. The SMILES string of the molecule is NCc1ncc(CC(=O)O)c(I)c1C(F)F. The topological polar surface area (TPSA) is 76.2 Å². The van der Waals surface area contributed by atoms with Crippen LogP contribution in [-0.2, 0) is 17.8 Å². The standard InChI is InChI=1S/C9H9F2IN2O2/c10-9(11)7-5(2-13)14-3-4(8(7)12)1-6(15)16/h3,9H,1-2,13H2,(H,15,16). The van der Waals surface area contributed by atoms with E-state index in [0.29, 0.717) is 0 Å². The number of halogens is 3. The summed E-state index contributed by atoms with van der Waals surface area (Å²) >= 11 is 1.70. The Morgan fingerprint density at radius 1 is 1.62 bits per heavy atom. The Kier molecular flexibility index (Phi) is 4.54. The fourth-order valence-electron chi connectivity index (χ4n) is 1.25. The zero-order valence-corrected chi connectivity index (χ0v) is 10.2. The third kappa shape index (κ3) is 2.85. The Balaban J connectivity index is 3.26. The molecule has 1 rings (SSSR count). The summed E-state index contributed by atoms with van der Waals surface area (Å²) in [4.78, 5) is 14.3. The van der Waals surface area contributed by atoms with Gasteiger partial charge in [-0.25, -0.2) is 8.78 Å². The first-order valence-electron chi connectivity index (χ1n) is 4.33. The highest BCUT2D eigenvalue weighted by molar-refractivity contribution is 14.1. The average Bonchev–Trinajstić information content (AvgIpc) is 2.19. The zero-order chi connectivity index (χ0) is 12.3. The van der Waals surface area contributed by atoms with Crippen LogP contribution in [0.15, 0.2) is 6.20 Å². The van der Waals surface area contributed by atoms with Crippen molar-refractivity contribution in [3.8, 4) is 0 Å². The van der Waals surface area contributed by atoms with Crippen molar-refractivity contribution in [2.75, 3.05) is 0 Å². The molecule has 0 aliphatic carbocycles. The summed E-state index contributed by atoms with van der Waals surface area (Å²) in [7, 11) is 0. The van der Waals surface area contributed by atoms with Crippen molar-refractivity contribution < 1.29 is 18.7 Å². The van der Waals surface area contributed by atoms with Crippen LogP contribution in [0.3, 0.4) is 0 Å². The highest BCUT2D eigenvalue weighted by atomic mass is 127. The number of nitrogens with two attached hydrogens (primary N) is 1. The van der Waals surface area contributed by atoms with Crippen LogP contribution >= 0.6 is 22.6 Å². The number of pyridine rings is 1. The first kappa shape index (κ1) is 13.2. The number of rotatable bonds is 4. The predicted octanol–water partition coefficient (Wildman–Crippen LogP) is 1.71. The van der Waals surface area contributed by atoms with Crippen molar-refractivity contribution in [2.24, 2.45) is 5.73 Å². The average molecular weight is 342 g/mol. The molecule has 88 valence electrons. The van der Waals surface area contributed by atoms with E-state index in [1.807, 2.05) is 0 Å². The molecular formula is C9H9F2IN2O2. The van der Waals surface area contributed by atoms with E-state index in [2.05, 4.69) is 4.98 Å². The van der Waals surface area contributed by atoms with Gasteiger partial charge < -0.3 is 10.8 Å². The minimum absolute atomic E-state index is 0.0942. The third-order valence-corrected chi connectivity index (χ3v) is 3.23.